The molecule has 160 valence electrons. The average Bonchev–Trinajstić information content (AvgIpc) is 3.40. The monoisotopic (exact) mass is 446 g/mol. The highest BCUT2D eigenvalue weighted by atomic mass is 32.2. The van der Waals surface area contributed by atoms with Crippen LogP contribution in [-0.4, -0.2) is 47.1 Å². The summed E-state index contributed by atoms with van der Waals surface area (Å²) in [5.41, 5.74) is 2.51. The minimum Gasteiger partial charge on any atom is -0.352 e. The van der Waals surface area contributed by atoms with Gasteiger partial charge >= 0.3 is 0 Å². The Hall–Kier alpha value is -2.26. The summed E-state index contributed by atoms with van der Waals surface area (Å²) in [6.07, 6.45) is 1.41. The van der Waals surface area contributed by atoms with E-state index in [-0.39, 0.29) is 23.5 Å². The minimum atomic E-state index is -3.07. The van der Waals surface area contributed by atoms with Crippen molar-refractivity contribution in [2.75, 3.05) is 18.1 Å². The lowest BCUT2D eigenvalue weighted by atomic mass is 10.1. The number of rotatable bonds is 6. The summed E-state index contributed by atoms with van der Waals surface area (Å²) in [6, 6.07) is 5.48. The maximum absolute atomic E-state index is 13.1. The molecule has 0 bridgehead atoms. The van der Waals surface area contributed by atoms with Gasteiger partial charge in [-0.15, -0.1) is 11.3 Å². The van der Waals surface area contributed by atoms with Crippen molar-refractivity contribution >= 4 is 38.1 Å². The molecule has 7 nitrogen and oxygen atoms in total. The molecule has 1 atom stereocenters. The van der Waals surface area contributed by atoms with Crippen LogP contribution in [0.1, 0.15) is 48.8 Å². The summed E-state index contributed by atoms with van der Waals surface area (Å²) in [7, 11) is -3.07. The number of aromatic nitrogens is 3. The summed E-state index contributed by atoms with van der Waals surface area (Å²) in [4.78, 5) is 18.9. The Labute approximate surface area is 180 Å². The van der Waals surface area contributed by atoms with Gasteiger partial charge in [-0.2, -0.15) is 5.10 Å². The van der Waals surface area contributed by atoms with Gasteiger partial charge in [-0.3, -0.25) is 4.79 Å². The first-order valence-electron chi connectivity index (χ1n) is 10.2. The summed E-state index contributed by atoms with van der Waals surface area (Å²) in [6.45, 7) is 6.69. The van der Waals surface area contributed by atoms with Gasteiger partial charge in [-0.25, -0.2) is 18.1 Å². The van der Waals surface area contributed by atoms with E-state index in [1.54, 1.807) is 16.0 Å². The number of carbonyl (C=O) groups excluding carboxylic acids is 1. The summed E-state index contributed by atoms with van der Waals surface area (Å²) in [5.74, 6) is 0.565. The zero-order valence-corrected chi connectivity index (χ0v) is 19.0. The molecule has 0 aromatic carbocycles. The van der Waals surface area contributed by atoms with E-state index in [2.05, 4.69) is 24.3 Å². The van der Waals surface area contributed by atoms with E-state index in [0.717, 1.165) is 11.3 Å². The molecule has 1 unspecified atom stereocenters. The largest absolute Gasteiger partial charge is 0.352 e. The van der Waals surface area contributed by atoms with Gasteiger partial charge in [0.25, 0.3) is 5.91 Å². The molecular formula is C21H26N4O3S2. The van der Waals surface area contributed by atoms with Crippen molar-refractivity contribution in [3.63, 3.8) is 0 Å². The van der Waals surface area contributed by atoms with E-state index in [1.165, 1.54) is 0 Å². The average molecular weight is 447 g/mol. The van der Waals surface area contributed by atoms with Gasteiger partial charge in [-0.1, -0.05) is 19.9 Å². The highest BCUT2D eigenvalue weighted by Gasteiger charge is 2.32. The Balaban J connectivity index is 1.82. The summed E-state index contributed by atoms with van der Waals surface area (Å²) >= 11 is 1.55. The first kappa shape index (κ1) is 21.0. The fraction of sp³-hybridized carbons (Fsp3) is 0.476. The van der Waals surface area contributed by atoms with E-state index in [0.29, 0.717) is 46.9 Å². The maximum atomic E-state index is 13.1. The quantitative estimate of drug-likeness (QED) is 0.624. The van der Waals surface area contributed by atoms with E-state index in [1.807, 2.05) is 30.5 Å². The van der Waals surface area contributed by atoms with E-state index in [4.69, 9.17) is 4.98 Å². The van der Waals surface area contributed by atoms with Gasteiger partial charge in [0.1, 0.15) is 0 Å². The first-order chi connectivity index (χ1) is 14.2. The Morgan fingerprint density at radius 1 is 1.40 bits per heavy atom. The molecule has 1 N–H and O–H groups in total. The van der Waals surface area contributed by atoms with Crippen molar-refractivity contribution in [2.45, 2.75) is 39.7 Å². The van der Waals surface area contributed by atoms with Gasteiger partial charge < -0.3 is 5.32 Å². The second kappa shape index (κ2) is 8.11. The third kappa shape index (κ3) is 4.13. The predicted molar refractivity (Wildman–Crippen MR) is 120 cm³/mol. The first-order valence-corrected chi connectivity index (χ1v) is 12.9. The van der Waals surface area contributed by atoms with Crippen LogP contribution in [0, 0.1) is 12.8 Å². The molecule has 1 aliphatic rings. The van der Waals surface area contributed by atoms with Gasteiger partial charge in [0.15, 0.2) is 15.5 Å². The number of fused-ring (bicyclic) bond motifs is 1. The van der Waals surface area contributed by atoms with Gasteiger partial charge in [-0.05, 0) is 43.2 Å². The number of pyridine rings is 1. The van der Waals surface area contributed by atoms with Crippen LogP contribution in [0.25, 0.3) is 21.6 Å². The molecule has 4 heterocycles. The third-order valence-electron chi connectivity index (χ3n) is 5.42. The van der Waals surface area contributed by atoms with Crippen LogP contribution < -0.4 is 5.32 Å². The molecule has 0 aliphatic carbocycles. The second-order valence-corrected chi connectivity index (χ2v) is 11.4. The molecular weight excluding hydrogens is 420 g/mol. The van der Waals surface area contributed by atoms with Crippen LogP contribution in [-0.2, 0) is 9.84 Å². The van der Waals surface area contributed by atoms with Crippen molar-refractivity contribution < 1.29 is 13.2 Å². The minimum absolute atomic E-state index is 0.0596. The number of nitrogens with zero attached hydrogens (tertiary/aromatic N) is 3. The molecule has 0 saturated carbocycles. The lowest BCUT2D eigenvalue weighted by molar-refractivity contribution is 0.0953. The lowest BCUT2D eigenvalue weighted by Crippen LogP contribution is -2.25. The molecule has 0 radical (unpaired) electrons. The number of nitrogens with one attached hydrogen (secondary N) is 1. The normalized spacial score (nSPS) is 18.3. The van der Waals surface area contributed by atoms with Crippen molar-refractivity contribution in [1.82, 2.24) is 20.1 Å². The molecule has 0 spiro atoms. The zero-order valence-electron chi connectivity index (χ0n) is 17.4. The van der Waals surface area contributed by atoms with Crippen molar-refractivity contribution in [3.05, 3.63) is 34.8 Å². The lowest BCUT2D eigenvalue weighted by Gasteiger charge is -2.12. The van der Waals surface area contributed by atoms with Crippen molar-refractivity contribution in [2.24, 2.45) is 5.92 Å². The van der Waals surface area contributed by atoms with Crippen LogP contribution >= 0.6 is 11.3 Å². The number of hydrogen-bond donors (Lipinski definition) is 1. The molecule has 1 aliphatic heterocycles. The number of thiophene rings is 1. The molecule has 3 aromatic rings. The Morgan fingerprint density at radius 2 is 2.20 bits per heavy atom. The van der Waals surface area contributed by atoms with E-state index < -0.39 is 9.84 Å². The maximum Gasteiger partial charge on any atom is 0.252 e. The third-order valence-corrected chi connectivity index (χ3v) is 8.06. The number of aryl methyl sites for hydroxylation is 1. The Kier molecular flexibility index (Phi) is 5.67. The fourth-order valence-corrected chi connectivity index (χ4v) is 6.21. The summed E-state index contributed by atoms with van der Waals surface area (Å²) in [5, 5.41) is 10.3. The summed E-state index contributed by atoms with van der Waals surface area (Å²) < 4.78 is 25.8. The fourth-order valence-electron chi connectivity index (χ4n) is 3.84. The van der Waals surface area contributed by atoms with Crippen LogP contribution in [0.15, 0.2) is 23.6 Å². The molecule has 9 heteroatoms. The van der Waals surface area contributed by atoms with Crippen LogP contribution in [0.4, 0.5) is 0 Å². The standard InChI is InChI=1S/C21H26N4O3S2/c1-13(2)6-8-22-21(26)16-11-17(18-5-4-9-29-18)23-20-19(16)14(3)24-25(20)15-7-10-30(27,28)12-15/h4-5,9,11,13,15H,6-8,10,12H2,1-3H3,(H,22,26). The number of sulfone groups is 1. The van der Waals surface area contributed by atoms with Crippen molar-refractivity contribution in [3.8, 4) is 10.6 Å². The van der Waals surface area contributed by atoms with Gasteiger partial charge in [0.2, 0.25) is 0 Å². The Bertz CT molecular complexity index is 1180. The number of amides is 1. The van der Waals surface area contributed by atoms with Crippen LogP contribution in [0.5, 0.6) is 0 Å². The molecule has 4 rings (SSSR count). The molecule has 30 heavy (non-hydrogen) atoms. The van der Waals surface area contributed by atoms with Gasteiger partial charge in [0.05, 0.1) is 44.8 Å². The molecule has 1 fully saturated rings. The molecule has 1 saturated heterocycles. The molecule has 3 aromatic heterocycles. The topological polar surface area (TPSA) is 93.9 Å². The number of hydrogen-bond acceptors (Lipinski definition) is 6. The highest BCUT2D eigenvalue weighted by Crippen LogP contribution is 2.33. The predicted octanol–water partition coefficient (Wildman–Crippen LogP) is 3.60. The number of carbonyl (C=O) groups is 1. The zero-order chi connectivity index (χ0) is 21.5. The van der Waals surface area contributed by atoms with E-state index >= 15 is 0 Å². The van der Waals surface area contributed by atoms with E-state index in [9.17, 15) is 13.2 Å². The highest BCUT2D eigenvalue weighted by molar-refractivity contribution is 7.91. The van der Waals surface area contributed by atoms with Crippen LogP contribution in [0.3, 0.4) is 0 Å². The van der Waals surface area contributed by atoms with Gasteiger partial charge in [0, 0.05) is 6.54 Å². The van der Waals surface area contributed by atoms with Crippen molar-refractivity contribution in [1.29, 1.82) is 0 Å². The SMILES string of the molecule is Cc1nn(C2CCS(=O)(=O)C2)c2nc(-c3cccs3)cc(C(=O)NCCC(C)C)c12. The Morgan fingerprint density at radius 3 is 2.83 bits per heavy atom. The second-order valence-electron chi connectivity index (χ2n) is 8.26. The molecule has 1 amide bonds. The van der Waals surface area contributed by atoms with Crippen LogP contribution in [0.2, 0.25) is 0 Å². The smallest absolute Gasteiger partial charge is 0.252 e.